The molecule has 2 heterocycles. The summed E-state index contributed by atoms with van der Waals surface area (Å²) in [5, 5.41) is 5.50. The molecule has 0 bridgehead atoms. The summed E-state index contributed by atoms with van der Waals surface area (Å²) >= 11 is 0. The van der Waals surface area contributed by atoms with E-state index in [2.05, 4.69) is 10.6 Å². The lowest BCUT2D eigenvalue weighted by molar-refractivity contribution is -0.121. The number of halogens is 1. The summed E-state index contributed by atoms with van der Waals surface area (Å²) in [4.78, 5) is 27.2. The number of fused-ring (bicyclic) bond motifs is 1. The number of hydrogen-bond acceptors (Lipinski definition) is 4. The Bertz CT molecular complexity index is 1200. The first-order chi connectivity index (χ1) is 16.1. The van der Waals surface area contributed by atoms with Crippen LogP contribution >= 0.6 is 0 Å². The molecule has 1 fully saturated rings. The van der Waals surface area contributed by atoms with Crippen LogP contribution in [-0.4, -0.2) is 31.3 Å². The number of nitrogens with one attached hydrogen (secondary N) is 2. The normalized spacial score (nSPS) is 17.1. The molecule has 3 aromatic carbocycles. The predicted molar refractivity (Wildman–Crippen MR) is 122 cm³/mol. The first kappa shape index (κ1) is 20.8. The van der Waals surface area contributed by atoms with Gasteiger partial charge in [0, 0.05) is 29.5 Å². The van der Waals surface area contributed by atoms with E-state index in [0.29, 0.717) is 41.4 Å². The standard InChI is InChI=1S/C25H22FN3O4/c26-20-5-2-1-4-19(20)16-7-10-18(11-8-16)29-13-3-6-21(24(29)30)28-25(31)27-17-9-12-22-23(14-17)33-15-32-22/h1-2,4-5,7-12,14,21H,3,6,13,15H2,(H2,27,28,31)/t21-/m1/s1. The van der Waals surface area contributed by atoms with E-state index in [1.54, 1.807) is 65.6 Å². The van der Waals surface area contributed by atoms with Gasteiger partial charge in [0.2, 0.25) is 12.7 Å². The lowest BCUT2D eigenvalue weighted by Gasteiger charge is -2.32. The van der Waals surface area contributed by atoms with Crippen LogP contribution in [0.1, 0.15) is 12.8 Å². The van der Waals surface area contributed by atoms with Gasteiger partial charge < -0.3 is 25.0 Å². The number of piperidine rings is 1. The van der Waals surface area contributed by atoms with Crippen molar-refractivity contribution in [3.05, 3.63) is 72.5 Å². The first-order valence-corrected chi connectivity index (χ1v) is 10.7. The maximum atomic E-state index is 14.1. The molecule has 0 aromatic heterocycles. The second kappa shape index (κ2) is 8.82. The van der Waals surface area contributed by atoms with Gasteiger partial charge in [0.1, 0.15) is 11.9 Å². The minimum absolute atomic E-state index is 0.151. The number of nitrogens with zero attached hydrogens (tertiary/aromatic N) is 1. The van der Waals surface area contributed by atoms with Crippen molar-refractivity contribution in [2.24, 2.45) is 0 Å². The highest BCUT2D eigenvalue weighted by Gasteiger charge is 2.31. The molecule has 2 N–H and O–H groups in total. The van der Waals surface area contributed by atoms with E-state index in [-0.39, 0.29) is 18.5 Å². The molecule has 5 rings (SSSR count). The summed E-state index contributed by atoms with van der Waals surface area (Å²) < 4.78 is 24.6. The summed E-state index contributed by atoms with van der Waals surface area (Å²) in [6.07, 6.45) is 1.30. The third-order valence-electron chi connectivity index (χ3n) is 5.74. The number of carbonyl (C=O) groups excluding carboxylic acids is 2. The summed E-state index contributed by atoms with van der Waals surface area (Å²) in [5.74, 6) is 0.712. The molecule has 168 valence electrons. The van der Waals surface area contributed by atoms with Gasteiger partial charge in [0.25, 0.3) is 0 Å². The Morgan fingerprint density at radius 2 is 1.79 bits per heavy atom. The average molecular weight is 447 g/mol. The molecular formula is C25H22FN3O4. The lowest BCUT2D eigenvalue weighted by Crippen LogP contribution is -2.53. The zero-order valence-electron chi connectivity index (χ0n) is 17.7. The minimum atomic E-state index is -0.640. The number of urea groups is 1. The van der Waals surface area contributed by atoms with Crippen LogP contribution in [0, 0.1) is 5.82 Å². The molecule has 2 aliphatic heterocycles. The van der Waals surface area contributed by atoms with Crippen molar-refractivity contribution < 1.29 is 23.5 Å². The predicted octanol–water partition coefficient (Wildman–Crippen LogP) is 4.54. The van der Waals surface area contributed by atoms with Gasteiger partial charge in [-0.05, 0) is 48.7 Å². The minimum Gasteiger partial charge on any atom is -0.454 e. The fourth-order valence-electron chi connectivity index (χ4n) is 4.08. The van der Waals surface area contributed by atoms with Gasteiger partial charge in [-0.15, -0.1) is 0 Å². The van der Waals surface area contributed by atoms with Crippen molar-refractivity contribution in [2.45, 2.75) is 18.9 Å². The number of amides is 3. The number of rotatable bonds is 4. The van der Waals surface area contributed by atoms with Crippen molar-refractivity contribution in [1.29, 1.82) is 0 Å². The van der Waals surface area contributed by atoms with Gasteiger partial charge in [-0.2, -0.15) is 0 Å². The quantitative estimate of drug-likeness (QED) is 0.616. The zero-order valence-corrected chi connectivity index (χ0v) is 17.7. The number of benzene rings is 3. The molecular weight excluding hydrogens is 425 g/mol. The van der Waals surface area contributed by atoms with E-state index >= 15 is 0 Å². The van der Waals surface area contributed by atoms with Crippen LogP contribution in [0.4, 0.5) is 20.6 Å². The summed E-state index contributed by atoms with van der Waals surface area (Å²) in [6.45, 7) is 0.707. The van der Waals surface area contributed by atoms with E-state index in [0.717, 1.165) is 12.0 Å². The molecule has 0 saturated carbocycles. The molecule has 33 heavy (non-hydrogen) atoms. The zero-order chi connectivity index (χ0) is 22.8. The largest absolute Gasteiger partial charge is 0.454 e. The highest BCUT2D eigenvalue weighted by atomic mass is 19.1. The van der Waals surface area contributed by atoms with Crippen LogP contribution in [0.2, 0.25) is 0 Å². The molecule has 1 atom stereocenters. The lowest BCUT2D eigenvalue weighted by atomic mass is 10.0. The highest BCUT2D eigenvalue weighted by Crippen LogP contribution is 2.34. The summed E-state index contributed by atoms with van der Waals surface area (Å²) in [5.41, 5.74) is 2.50. The molecule has 8 heteroatoms. The number of ether oxygens (including phenoxy) is 2. The third kappa shape index (κ3) is 4.32. The topological polar surface area (TPSA) is 79.9 Å². The van der Waals surface area contributed by atoms with Crippen LogP contribution in [0.25, 0.3) is 11.1 Å². The Kier molecular flexibility index (Phi) is 5.56. The maximum absolute atomic E-state index is 14.1. The first-order valence-electron chi connectivity index (χ1n) is 10.7. The Balaban J connectivity index is 1.24. The molecule has 7 nitrogen and oxygen atoms in total. The van der Waals surface area contributed by atoms with Crippen LogP contribution < -0.4 is 25.0 Å². The molecule has 0 aliphatic carbocycles. The van der Waals surface area contributed by atoms with E-state index in [4.69, 9.17) is 9.47 Å². The van der Waals surface area contributed by atoms with Crippen molar-refractivity contribution in [3.63, 3.8) is 0 Å². The number of hydrogen-bond donors (Lipinski definition) is 2. The van der Waals surface area contributed by atoms with Crippen molar-refractivity contribution >= 4 is 23.3 Å². The van der Waals surface area contributed by atoms with Crippen LogP contribution in [0.15, 0.2) is 66.7 Å². The van der Waals surface area contributed by atoms with Crippen LogP contribution in [0.3, 0.4) is 0 Å². The molecule has 0 spiro atoms. The Morgan fingerprint density at radius 1 is 1.00 bits per heavy atom. The van der Waals surface area contributed by atoms with Crippen molar-refractivity contribution in [1.82, 2.24) is 5.32 Å². The van der Waals surface area contributed by atoms with E-state index in [1.165, 1.54) is 6.07 Å². The van der Waals surface area contributed by atoms with Gasteiger partial charge in [0.15, 0.2) is 11.5 Å². The summed E-state index contributed by atoms with van der Waals surface area (Å²) in [6, 6.07) is 17.8. The van der Waals surface area contributed by atoms with Gasteiger partial charge in [0.05, 0.1) is 0 Å². The Hall–Kier alpha value is -4.07. The fraction of sp³-hybridized carbons (Fsp3) is 0.200. The van der Waals surface area contributed by atoms with Gasteiger partial charge in [-0.3, -0.25) is 4.79 Å². The van der Waals surface area contributed by atoms with Crippen molar-refractivity contribution in [2.75, 3.05) is 23.6 Å². The summed E-state index contributed by atoms with van der Waals surface area (Å²) in [7, 11) is 0. The molecule has 1 saturated heterocycles. The molecule has 0 unspecified atom stereocenters. The average Bonchev–Trinajstić information content (AvgIpc) is 3.29. The number of carbonyl (C=O) groups is 2. The second-order valence-corrected chi connectivity index (χ2v) is 7.88. The number of anilines is 2. The third-order valence-corrected chi connectivity index (χ3v) is 5.74. The molecule has 3 amide bonds. The van der Waals surface area contributed by atoms with Crippen LogP contribution in [-0.2, 0) is 4.79 Å². The fourth-order valence-corrected chi connectivity index (χ4v) is 4.08. The smallest absolute Gasteiger partial charge is 0.319 e. The Morgan fingerprint density at radius 3 is 2.61 bits per heavy atom. The maximum Gasteiger partial charge on any atom is 0.319 e. The molecule has 2 aliphatic rings. The SMILES string of the molecule is O=C(Nc1ccc2c(c1)OCO2)N[C@@H]1CCCN(c2ccc(-c3ccccc3F)cc2)C1=O. The molecule has 3 aromatic rings. The monoisotopic (exact) mass is 447 g/mol. The van der Waals surface area contributed by atoms with Gasteiger partial charge in [-0.1, -0.05) is 30.3 Å². The van der Waals surface area contributed by atoms with E-state index in [1.807, 2.05) is 0 Å². The van der Waals surface area contributed by atoms with Gasteiger partial charge in [-0.25, -0.2) is 9.18 Å². The second-order valence-electron chi connectivity index (χ2n) is 7.88. The molecule has 0 radical (unpaired) electrons. The van der Waals surface area contributed by atoms with E-state index in [9.17, 15) is 14.0 Å². The van der Waals surface area contributed by atoms with Gasteiger partial charge >= 0.3 is 6.03 Å². The van der Waals surface area contributed by atoms with Crippen molar-refractivity contribution in [3.8, 4) is 22.6 Å². The Labute approximate surface area is 190 Å². The van der Waals surface area contributed by atoms with E-state index < -0.39 is 12.1 Å². The highest BCUT2D eigenvalue weighted by molar-refractivity contribution is 6.01. The van der Waals surface area contributed by atoms with Crippen LogP contribution in [0.5, 0.6) is 11.5 Å².